The Morgan fingerprint density at radius 1 is 1.17 bits per heavy atom. The summed E-state index contributed by atoms with van der Waals surface area (Å²) >= 11 is 0. The van der Waals surface area contributed by atoms with Gasteiger partial charge >= 0.3 is 0 Å². The first-order valence-corrected chi connectivity index (χ1v) is 10.7. The Kier molecular flexibility index (Phi) is 4.47. The lowest BCUT2D eigenvalue weighted by Crippen LogP contribution is -2.52. The summed E-state index contributed by atoms with van der Waals surface area (Å²) in [5.74, 6) is -0.742. The normalized spacial score (nSPS) is 28.6. The molecule has 1 aliphatic carbocycles. The first-order valence-electron chi connectivity index (χ1n) is 10.7. The van der Waals surface area contributed by atoms with E-state index in [1.165, 1.54) is 31.2 Å². The minimum atomic E-state index is -0.560. The van der Waals surface area contributed by atoms with Gasteiger partial charge in [0.15, 0.2) is 0 Å². The molecule has 4 aliphatic rings. The van der Waals surface area contributed by atoms with E-state index in [0.717, 1.165) is 18.7 Å². The maximum atomic E-state index is 12.8. The topological polar surface area (TPSA) is 95.7 Å². The van der Waals surface area contributed by atoms with Crippen LogP contribution in [0.1, 0.15) is 60.0 Å². The number of hydrogen-bond donors (Lipinski definition) is 2. The van der Waals surface area contributed by atoms with Gasteiger partial charge in [-0.2, -0.15) is 0 Å². The number of nitrogens with two attached hydrogens (primary N) is 1. The summed E-state index contributed by atoms with van der Waals surface area (Å²) in [6.45, 7) is 3.06. The lowest BCUT2D eigenvalue weighted by molar-refractivity contribution is -0.136. The zero-order chi connectivity index (χ0) is 20.2. The third-order valence-electron chi connectivity index (χ3n) is 7.59. The lowest BCUT2D eigenvalue weighted by atomic mass is 9.64. The Morgan fingerprint density at radius 2 is 2.00 bits per heavy atom. The van der Waals surface area contributed by atoms with Gasteiger partial charge in [-0.25, -0.2) is 0 Å². The molecule has 1 spiro atoms. The molecule has 3 amide bonds. The molecular weight excluding hydrogens is 368 g/mol. The van der Waals surface area contributed by atoms with Crippen molar-refractivity contribution in [2.75, 3.05) is 13.1 Å². The van der Waals surface area contributed by atoms with Crippen molar-refractivity contribution in [3.8, 4) is 0 Å². The number of imide groups is 1. The van der Waals surface area contributed by atoms with Gasteiger partial charge in [0.1, 0.15) is 6.04 Å². The van der Waals surface area contributed by atoms with Crippen LogP contribution in [0.3, 0.4) is 0 Å². The molecule has 2 saturated heterocycles. The van der Waals surface area contributed by atoms with E-state index in [1.54, 1.807) is 4.90 Å². The summed E-state index contributed by atoms with van der Waals surface area (Å²) in [6.07, 6.45) is 5.82. The fourth-order valence-electron chi connectivity index (χ4n) is 5.84. The van der Waals surface area contributed by atoms with Crippen molar-refractivity contribution < 1.29 is 14.4 Å². The summed E-state index contributed by atoms with van der Waals surface area (Å²) < 4.78 is 0. The molecule has 0 bridgehead atoms. The number of amides is 3. The second-order valence-electron chi connectivity index (χ2n) is 9.08. The minimum absolute atomic E-state index is 0.115. The second-order valence-corrected chi connectivity index (χ2v) is 9.08. The Hall–Kier alpha value is -2.25. The van der Waals surface area contributed by atoms with E-state index in [2.05, 4.69) is 16.3 Å². The van der Waals surface area contributed by atoms with E-state index in [-0.39, 0.29) is 24.1 Å². The fraction of sp³-hybridized carbons (Fsp3) is 0.591. The summed E-state index contributed by atoms with van der Waals surface area (Å²) in [6, 6.07) is 5.93. The van der Waals surface area contributed by atoms with Crippen LogP contribution in [0.4, 0.5) is 0 Å². The monoisotopic (exact) mass is 396 g/mol. The predicted molar refractivity (Wildman–Crippen MR) is 107 cm³/mol. The number of likely N-dealkylation sites (tertiary alicyclic amines) is 1. The number of benzene rings is 1. The number of piperidine rings is 1. The van der Waals surface area contributed by atoms with Gasteiger partial charge in [0.25, 0.3) is 5.91 Å². The van der Waals surface area contributed by atoms with Crippen molar-refractivity contribution >= 4 is 17.7 Å². The van der Waals surface area contributed by atoms with Crippen LogP contribution >= 0.6 is 0 Å². The van der Waals surface area contributed by atoms with E-state index >= 15 is 0 Å². The highest BCUT2D eigenvalue weighted by atomic mass is 16.2. The van der Waals surface area contributed by atoms with E-state index in [1.807, 2.05) is 12.1 Å². The van der Waals surface area contributed by atoms with Gasteiger partial charge < -0.3 is 10.6 Å². The van der Waals surface area contributed by atoms with Crippen LogP contribution < -0.4 is 11.1 Å². The van der Waals surface area contributed by atoms with Gasteiger partial charge in [-0.15, -0.1) is 0 Å². The number of carbonyl (C=O) groups excluding carboxylic acids is 3. The largest absolute Gasteiger partial charge is 0.329 e. The molecule has 3 N–H and O–H groups in total. The molecule has 7 heteroatoms. The standard InChI is InChI=1S/C22H28N4O3/c23-11-18-22(6-1-7-22)8-9-25(18)12-14-2-3-16-15(10-14)13-26(21(16)29)17-4-5-19(27)24-20(17)28/h2-3,10,17-18H,1,4-9,11-13,23H2,(H,24,27,28). The minimum Gasteiger partial charge on any atom is -0.329 e. The Morgan fingerprint density at radius 3 is 2.69 bits per heavy atom. The van der Waals surface area contributed by atoms with Gasteiger partial charge in [0.2, 0.25) is 11.8 Å². The van der Waals surface area contributed by atoms with Crippen molar-refractivity contribution in [1.29, 1.82) is 0 Å². The van der Waals surface area contributed by atoms with Crippen LogP contribution in [0.2, 0.25) is 0 Å². The van der Waals surface area contributed by atoms with Gasteiger partial charge in [-0.1, -0.05) is 18.6 Å². The zero-order valence-electron chi connectivity index (χ0n) is 16.7. The average molecular weight is 396 g/mol. The molecule has 3 aliphatic heterocycles. The number of nitrogens with one attached hydrogen (secondary N) is 1. The summed E-state index contributed by atoms with van der Waals surface area (Å²) in [5, 5.41) is 2.35. The number of fused-ring (bicyclic) bond motifs is 1. The van der Waals surface area contributed by atoms with Crippen molar-refractivity contribution in [3.05, 3.63) is 34.9 Å². The Bertz CT molecular complexity index is 879. The third-order valence-corrected chi connectivity index (χ3v) is 7.59. The third kappa shape index (κ3) is 2.99. The highest BCUT2D eigenvalue weighted by Gasteiger charge is 2.50. The zero-order valence-corrected chi connectivity index (χ0v) is 16.7. The molecule has 29 heavy (non-hydrogen) atoms. The molecule has 2 unspecified atom stereocenters. The molecule has 0 aromatic heterocycles. The van der Waals surface area contributed by atoms with Crippen LogP contribution in [0, 0.1) is 5.41 Å². The summed E-state index contributed by atoms with van der Waals surface area (Å²) in [5.41, 5.74) is 9.41. The quantitative estimate of drug-likeness (QED) is 0.745. The Labute approximate surface area is 170 Å². The molecule has 154 valence electrons. The van der Waals surface area contributed by atoms with Crippen molar-refractivity contribution in [3.63, 3.8) is 0 Å². The molecule has 1 aromatic rings. The summed E-state index contributed by atoms with van der Waals surface area (Å²) in [7, 11) is 0. The van der Waals surface area contributed by atoms with Gasteiger partial charge in [0.05, 0.1) is 0 Å². The highest BCUT2D eigenvalue weighted by molar-refractivity contribution is 6.05. The van der Waals surface area contributed by atoms with Gasteiger partial charge in [0, 0.05) is 37.7 Å². The van der Waals surface area contributed by atoms with Crippen LogP contribution in [0.15, 0.2) is 18.2 Å². The van der Waals surface area contributed by atoms with Crippen molar-refractivity contribution in [2.24, 2.45) is 11.1 Å². The van der Waals surface area contributed by atoms with E-state index in [4.69, 9.17) is 5.73 Å². The molecule has 3 heterocycles. The number of carbonyl (C=O) groups is 3. The molecule has 0 radical (unpaired) electrons. The predicted octanol–water partition coefficient (Wildman–Crippen LogP) is 1.15. The second kappa shape index (κ2) is 6.92. The summed E-state index contributed by atoms with van der Waals surface area (Å²) in [4.78, 5) is 40.6. The highest BCUT2D eigenvalue weighted by Crippen LogP contribution is 2.52. The first-order chi connectivity index (χ1) is 14.0. The number of hydrogen-bond acceptors (Lipinski definition) is 5. The first kappa shape index (κ1) is 18.8. The van der Waals surface area contributed by atoms with Crippen LogP contribution in [0.5, 0.6) is 0 Å². The van der Waals surface area contributed by atoms with E-state index in [0.29, 0.717) is 36.5 Å². The van der Waals surface area contributed by atoms with Gasteiger partial charge in [-0.05, 0) is 54.8 Å². The average Bonchev–Trinajstić information content (AvgIpc) is 3.19. The van der Waals surface area contributed by atoms with Crippen LogP contribution in [0.25, 0.3) is 0 Å². The van der Waals surface area contributed by atoms with Crippen molar-refractivity contribution in [1.82, 2.24) is 15.1 Å². The van der Waals surface area contributed by atoms with E-state index in [9.17, 15) is 14.4 Å². The molecule has 2 atom stereocenters. The molecule has 5 rings (SSSR count). The molecule has 3 fully saturated rings. The lowest BCUT2D eigenvalue weighted by Gasteiger charge is -2.44. The van der Waals surface area contributed by atoms with Crippen LogP contribution in [-0.4, -0.2) is 52.7 Å². The maximum absolute atomic E-state index is 12.8. The molecular formula is C22H28N4O3. The molecule has 1 saturated carbocycles. The molecule has 7 nitrogen and oxygen atoms in total. The van der Waals surface area contributed by atoms with Crippen molar-refractivity contribution in [2.45, 2.75) is 63.7 Å². The number of rotatable bonds is 4. The van der Waals surface area contributed by atoms with Gasteiger partial charge in [-0.3, -0.25) is 24.6 Å². The van der Waals surface area contributed by atoms with E-state index < -0.39 is 6.04 Å². The fourth-order valence-corrected chi connectivity index (χ4v) is 5.84. The Balaban J connectivity index is 1.31. The SMILES string of the molecule is NCC1N(Cc2ccc3c(c2)CN(C2CCC(=O)NC2=O)C3=O)CCC12CCC2. The number of nitrogens with zero attached hydrogens (tertiary/aromatic N) is 2. The maximum Gasteiger partial charge on any atom is 0.255 e. The van der Waals surface area contributed by atoms with Crippen LogP contribution in [-0.2, 0) is 22.7 Å². The molecule has 1 aromatic carbocycles. The smallest absolute Gasteiger partial charge is 0.255 e.